The van der Waals surface area contributed by atoms with E-state index in [-0.39, 0.29) is 17.3 Å². The molecular weight excluding hydrogens is 368 g/mol. The summed E-state index contributed by atoms with van der Waals surface area (Å²) in [5.74, 6) is 0.331. The first-order chi connectivity index (χ1) is 12.9. The maximum Gasteiger partial charge on any atom is 0.261 e. The van der Waals surface area contributed by atoms with E-state index in [9.17, 15) is 13.2 Å². The average molecular weight is 386 g/mol. The van der Waals surface area contributed by atoms with Gasteiger partial charge in [0.05, 0.1) is 16.3 Å². The Morgan fingerprint density at radius 3 is 2.33 bits per heavy atom. The lowest BCUT2D eigenvalue weighted by Gasteiger charge is -2.09. The van der Waals surface area contributed by atoms with E-state index in [1.807, 2.05) is 0 Å². The highest BCUT2D eigenvalue weighted by molar-refractivity contribution is 7.92. The Balaban J connectivity index is 1.68. The fourth-order valence-corrected chi connectivity index (χ4v) is 3.50. The first-order valence-corrected chi connectivity index (χ1v) is 9.58. The minimum Gasteiger partial charge on any atom is -0.361 e. The van der Waals surface area contributed by atoms with E-state index in [1.54, 1.807) is 26.0 Å². The standard InChI is InChI=1S/C18H18N4O4S/c1-12-17(13(2)26-21-12)11-20-18(23)14-3-5-16(6-4-14)27(24,25)22-15-7-9-19-10-8-15/h3-10H,11H2,1-2H3,(H,19,22)(H,20,23). The van der Waals surface area contributed by atoms with E-state index in [2.05, 4.69) is 20.2 Å². The van der Waals surface area contributed by atoms with Crippen LogP contribution in [0.5, 0.6) is 0 Å². The van der Waals surface area contributed by atoms with Gasteiger partial charge >= 0.3 is 0 Å². The zero-order chi connectivity index (χ0) is 19.4. The minimum absolute atomic E-state index is 0.0570. The zero-order valence-electron chi connectivity index (χ0n) is 14.8. The molecule has 140 valence electrons. The van der Waals surface area contributed by atoms with Crippen LogP contribution in [0, 0.1) is 13.8 Å². The Labute approximate surface area is 156 Å². The maximum absolute atomic E-state index is 12.4. The van der Waals surface area contributed by atoms with E-state index in [4.69, 9.17) is 4.52 Å². The molecule has 0 saturated carbocycles. The van der Waals surface area contributed by atoms with Gasteiger partial charge in [-0.15, -0.1) is 0 Å². The van der Waals surface area contributed by atoms with Crippen molar-refractivity contribution < 1.29 is 17.7 Å². The lowest BCUT2D eigenvalue weighted by atomic mass is 10.2. The van der Waals surface area contributed by atoms with Gasteiger partial charge in [0.1, 0.15) is 5.76 Å². The van der Waals surface area contributed by atoms with Crippen molar-refractivity contribution in [3.05, 3.63) is 71.4 Å². The number of carbonyl (C=O) groups is 1. The molecule has 3 rings (SSSR count). The summed E-state index contributed by atoms with van der Waals surface area (Å²) in [7, 11) is -3.74. The van der Waals surface area contributed by atoms with Crippen LogP contribution in [0.15, 0.2) is 58.2 Å². The Bertz CT molecular complexity index is 1030. The zero-order valence-corrected chi connectivity index (χ0v) is 15.6. The molecule has 0 spiro atoms. The second-order valence-electron chi connectivity index (χ2n) is 5.85. The van der Waals surface area contributed by atoms with Crippen molar-refractivity contribution in [2.45, 2.75) is 25.3 Å². The number of hydrogen-bond acceptors (Lipinski definition) is 6. The summed E-state index contributed by atoms with van der Waals surface area (Å²) in [6.45, 7) is 3.86. The van der Waals surface area contributed by atoms with Crippen molar-refractivity contribution in [3.63, 3.8) is 0 Å². The van der Waals surface area contributed by atoms with Crippen LogP contribution in [-0.2, 0) is 16.6 Å². The first-order valence-electron chi connectivity index (χ1n) is 8.09. The van der Waals surface area contributed by atoms with Crippen molar-refractivity contribution in [3.8, 4) is 0 Å². The van der Waals surface area contributed by atoms with Crippen LogP contribution in [0.1, 0.15) is 27.4 Å². The van der Waals surface area contributed by atoms with Gasteiger partial charge in [-0.1, -0.05) is 5.16 Å². The number of carbonyl (C=O) groups excluding carboxylic acids is 1. The van der Waals surface area contributed by atoms with Gasteiger partial charge < -0.3 is 9.84 Å². The number of pyridine rings is 1. The Morgan fingerprint density at radius 1 is 1.07 bits per heavy atom. The van der Waals surface area contributed by atoms with Crippen molar-refractivity contribution in [1.29, 1.82) is 0 Å². The van der Waals surface area contributed by atoms with Crippen molar-refractivity contribution in [2.75, 3.05) is 4.72 Å². The van der Waals surface area contributed by atoms with E-state index >= 15 is 0 Å². The van der Waals surface area contributed by atoms with E-state index < -0.39 is 10.0 Å². The number of benzene rings is 1. The van der Waals surface area contributed by atoms with Gasteiger partial charge in [0, 0.05) is 30.1 Å². The first kappa shape index (κ1) is 18.6. The van der Waals surface area contributed by atoms with Gasteiger partial charge in [0.2, 0.25) is 0 Å². The van der Waals surface area contributed by atoms with Gasteiger partial charge in [0.25, 0.3) is 15.9 Å². The third-order valence-electron chi connectivity index (χ3n) is 3.97. The Morgan fingerprint density at radius 2 is 1.74 bits per heavy atom. The molecule has 9 heteroatoms. The number of amides is 1. The second-order valence-corrected chi connectivity index (χ2v) is 7.53. The molecular formula is C18H18N4O4S. The monoisotopic (exact) mass is 386 g/mol. The molecule has 0 radical (unpaired) electrons. The van der Waals surface area contributed by atoms with Gasteiger partial charge in [-0.05, 0) is 50.2 Å². The number of hydrogen-bond donors (Lipinski definition) is 2. The van der Waals surface area contributed by atoms with Gasteiger partial charge in [-0.2, -0.15) is 0 Å². The van der Waals surface area contributed by atoms with Crippen LogP contribution in [-0.4, -0.2) is 24.5 Å². The third-order valence-corrected chi connectivity index (χ3v) is 5.36. The van der Waals surface area contributed by atoms with E-state index in [0.29, 0.717) is 17.0 Å². The van der Waals surface area contributed by atoms with Crippen molar-refractivity contribution in [2.24, 2.45) is 0 Å². The number of nitrogens with zero attached hydrogens (tertiary/aromatic N) is 2. The summed E-state index contributed by atoms with van der Waals surface area (Å²) < 4.78 is 32.3. The molecule has 0 aliphatic rings. The van der Waals surface area contributed by atoms with E-state index in [1.165, 1.54) is 36.7 Å². The van der Waals surface area contributed by atoms with Gasteiger partial charge in [-0.3, -0.25) is 14.5 Å². The predicted molar refractivity (Wildman–Crippen MR) is 98.6 cm³/mol. The third kappa shape index (κ3) is 4.32. The molecule has 1 aromatic carbocycles. The summed E-state index contributed by atoms with van der Waals surface area (Å²) in [6.07, 6.45) is 2.98. The average Bonchev–Trinajstić information content (AvgIpc) is 2.98. The SMILES string of the molecule is Cc1noc(C)c1CNC(=O)c1ccc(S(=O)(=O)Nc2ccncc2)cc1. The fourth-order valence-electron chi connectivity index (χ4n) is 2.44. The highest BCUT2D eigenvalue weighted by Crippen LogP contribution is 2.16. The quantitative estimate of drug-likeness (QED) is 0.672. The summed E-state index contributed by atoms with van der Waals surface area (Å²) in [5.41, 5.74) is 2.30. The molecule has 2 heterocycles. The molecule has 0 unspecified atom stereocenters. The number of anilines is 1. The molecule has 0 saturated heterocycles. The summed E-state index contributed by atoms with van der Waals surface area (Å²) >= 11 is 0. The molecule has 2 aromatic heterocycles. The molecule has 1 amide bonds. The summed E-state index contributed by atoms with van der Waals surface area (Å²) in [6, 6.07) is 8.79. The van der Waals surface area contributed by atoms with Crippen molar-refractivity contribution in [1.82, 2.24) is 15.5 Å². The lowest BCUT2D eigenvalue weighted by Crippen LogP contribution is -2.23. The van der Waals surface area contributed by atoms with Crippen LogP contribution >= 0.6 is 0 Å². The molecule has 2 N–H and O–H groups in total. The highest BCUT2D eigenvalue weighted by Gasteiger charge is 2.16. The number of sulfonamides is 1. The van der Waals surface area contributed by atoms with Crippen LogP contribution in [0.25, 0.3) is 0 Å². The molecule has 0 atom stereocenters. The predicted octanol–water partition coefficient (Wildman–Crippen LogP) is 2.42. The second kappa shape index (κ2) is 7.58. The number of rotatable bonds is 6. The van der Waals surface area contributed by atoms with Crippen molar-refractivity contribution >= 4 is 21.6 Å². The highest BCUT2D eigenvalue weighted by atomic mass is 32.2. The van der Waals surface area contributed by atoms with E-state index in [0.717, 1.165) is 11.3 Å². The number of nitrogens with one attached hydrogen (secondary N) is 2. The van der Waals surface area contributed by atoms with Gasteiger partial charge in [-0.25, -0.2) is 8.42 Å². The largest absolute Gasteiger partial charge is 0.361 e. The summed E-state index contributed by atoms with van der Waals surface area (Å²) in [4.78, 5) is 16.2. The molecule has 0 aliphatic carbocycles. The maximum atomic E-state index is 12.4. The summed E-state index contributed by atoms with van der Waals surface area (Å²) in [5, 5.41) is 6.61. The van der Waals surface area contributed by atoms with Crippen LogP contribution in [0.2, 0.25) is 0 Å². The van der Waals surface area contributed by atoms with Gasteiger partial charge in [0.15, 0.2) is 0 Å². The molecule has 0 bridgehead atoms. The van der Waals surface area contributed by atoms with Crippen LogP contribution < -0.4 is 10.0 Å². The fraction of sp³-hybridized carbons (Fsp3) is 0.167. The molecule has 8 nitrogen and oxygen atoms in total. The van der Waals surface area contributed by atoms with Crippen LogP contribution in [0.3, 0.4) is 0 Å². The Kier molecular flexibility index (Phi) is 5.22. The molecule has 27 heavy (non-hydrogen) atoms. The lowest BCUT2D eigenvalue weighted by molar-refractivity contribution is 0.0950. The minimum atomic E-state index is -3.74. The molecule has 0 fully saturated rings. The topological polar surface area (TPSA) is 114 Å². The smallest absolute Gasteiger partial charge is 0.261 e. The number of aromatic nitrogens is 2. The number of aryl methyl sites for hydroxylation is 2. The Hall–Kier alpha value is -3.20. The molecule has 0 aliphatic heterocycles. The van der Waals surface area contributed by atoms with Crippen LogP contribution in [0.4, 0.5) is 5.69 Å². The normalized spacial score (nSPS) is 11.2. The molecule has 3 aromatic rings.